The summed E-state index contributed by atoms with van der Waals surface area (Å²) >= 11 is 0. The summed E-state index contributed by atoms with van der Waals surface area (Å²) in [5.74, 6) is -3.19. The Morgan fingerprint density at radius 2 is 0.759 bits per heavy atom. The Morgan fingerprint density at radius 3 is 1.16 bits per heavy atom. The van der Waals surface area contributed by atoms with E-state index < -0.39 is 67.3 Å². The van der Waals surface area contributed by atoms with E-state index in [1.54, 1.807) is 0 Å². The molecule has 1 rings (SSSR count). The van der Waals surface area contributed by atoms with Crippen molar-refractivity contribution in [1.29, 1.82) is 0 Å². The summed E-state index contributed by atoms with van der Waals surface area (Å²) in [5.41, 5.74) is 0. The maximum absolute atomic E-state index is 13.2. The Bertz CT molecular complexity index is 1900. The highest BCUT2D eigenvalue weighted by molar-refractivity contribution is 5.74. The van der Waals surface area contributed by atoms with E-state index in [1.807, 2.05) is 0 Å². The number of carboxylic acid groups (broad SMARTS) is 1. The fourth-order valence-corrected chi connectivity index (χ4v) is 9.09. The van der Waals surface area contributed by atoms with Gasteiger partial charge < -0.3 is 39.0 Å². The lowest BCUT2D eigenvalue weighted by Crippen LogP contribution is -2.61. The van der Waals surface area contributed by atoms with Crippen LogP contribution in [0.1, 0.15) is 252 Å². The minimum Gasteiger partial charge on any atom is -0.479 e. The molecule has 1 saturated heterocycles. The summed E-state index contributed by atoms with van der Waals surface area (Å²) in [7, 11) is 0. The van der Waals surface area contributed by atoms with Crippen molar-refractivity contribution in [1.82, 2.24) is 0 Å². The van der Waals surface area contributed by atoms with Crippen LogP contribution in [0.4, 0.5) is 0 Å². The zero-order valence-corrected chi connectivity index (χ0v) is 51.9. The lowest BCUT2D eigenvalue weighted by Gasteiger charge is -2.40. The summed E-state index contributed by atoms with van der Waals surface area (Å²) in [5, 5.41) is 31.6. The molecule has 6 unspecified atom stereocenters. The molecular formula is C71H114O12. The Labute approximate surface area is 503 Å². The number of hydrogen-bond donors (Lipinski definition) is 3. The molecule has 0 aromatic carbocycles. The number of esters is 3. The molecule has 0 aromatic rings. The van der Waals surface area contributed by atoms with Crippen molar-refractivity contribution < 1.29 is 58.2 Å². The molecule has 470 valence electrons. The first-order valence-electron chi connectivity index (χ1n) is 32.5. The van der Waals surface area contributed by atoms with Gasteiger partial charge in [0.1, 0.15) is 18.8 Å². The van der Waals surface area contributed by atoms with Crippen LogP contribution in [0, 0.1) is 0 Å². The largest absolute Gasteiger partial charge is 0.479 e. The van der Waals surface area contributed by atoms with Crippen molar-refractivity contribution in [3.05, 3.63) is 122 Å². The molecule has 0 amide bonds. The van der Waals surface area contributed by atoms with E-state index >= 15 is 0 Å². The van der Waals surface area contributed by atoms with E-state index in [4.69, 9.17) is 23.7 Å². The first-order valence-corrected chi connectivity index (χ1v) is 32.5. The van der Waals surface area contributed by atoms with Crippen LogP contribution in [0.25, 0.3) is 0 Å². The number of rotatable bonds is 54. The lowest BCUT2D eigenvalue weighted by atomic mass is 9.98. The van der Waals surface area contributed by atoms with E-state index in [0.717, 1.165) is 173 Å². The van der Waals surface area contributed by atoms with Crippen molar-refractivity contribution in [2.75, 3.05) is 13.2 Å². The minimum absolute atomic E-state index is 0.0347. The maximum Gasteiger partial charge on any atom is 0.335 e. The molecule has 0 radical (unpaired) electrons. The highest BCUT2D eigenvalue weighted by atomic mass is 16.7. The van der Waals surface area contributed by atoms with Gasteiger partial charge in [0.25, 0.3) is 0 Å². The number of hydrogen-bond acceptors (Lipinski definition) is 11. The van der Waals surface area contributed by atoms with E-state index in [-0.39, 0.29) is 25.9 Å². The Morgan fingerprint density at radius 1 is 0.410 bits per heavy atom. The molecule has 0 bridgehead atoms. The summed E-state index contributed by atoms with van der Waals surface area (Å²) in [4.78, 5) is 51.4. The molecule has 0 aromatic heterocycles. The number of carbonyl (C=O) groups excluding carboxylic acids is 3. The van der Waals surface area contributed by atoms with Gasteiger partial charge in [-0.2, -0.15) is 0 Å². The van der Waals surface area contributed by atoms with Gasteiger partial charge in [-0.05, 0) is 128 Å². The van der Waals surface area contributed by atoms with Gasteiger partial charge in [0.05, 0.1) is 6.61 Å². The number of aliphatic hydroxyl groups excluding tert-OH is 2. The second kappa shape index (κ2) is 57.5. The van der Waals surface area contributed by atoms with Crippen LogP contribution in [0.15, 0.2) is 122 Å². The lowest BCUT2D eigenvalue weighted by molar-refractivity contribution is -0.301. The molecule has 0 spiro atoms. The number of allylic oxidation sites excluding steroid dienone is 20. The smallest absolute Gasteiger partial charge is 0.335 e. The van der Waals surface area contributed by atoms with E-state index in [0.29, 0.717) is 19.3 Å². The SMILES string of the molecule is CC/C=C\C/C=C\C/C=C\C/C=C\CCCCCCCCC(=O)OC1C(OCC(COC(=O)CCCCCC/C=C\C/C=C\C/C=C\C/C=C\CC)OC(=O)CCCCCCCCC/C=C\C/C=C\CCCCC)OC(C(=O)O)C(O)C1O. The third kappa shape index (κ3) is 47.1. The molecule has 1 aliphatic heterocycles. The standard InChI is InChI=1S/C71H114O12/c1-4-7-10-13-16-19-22-25-28-31-32-35-38-41-44-47-50-53-56-59-65(74)82-69-67(76)66(75)68(70(77)78)83-71(69)80-61-62(81-64(73)58-55-52-49-46-43-40-37-34-30-27-24-21-18-15-12-9-6-3)60-79-63(72)57-54-51-48-45-42-39-36-33-29-26-23-20-17-14-11-8-5-2/h7-8,10-11,16-21,25-30,32,35-36,39,62,66-69,71,75-76H,4-6,9,12-15,22-24,31,33-34,37-38,40-61H2,1-3H3,(H,77,78)/b10-7-,11-8-,19-16-,20-17-,21-18-,28-25-,29-26-,30-27-,35-32-,39-36-. The fraction of sp³-hybridized carbons (Fsp3) is 0.662. The van der Waals surface area contributed by atoms with E-state index in [9.17, 15) is 34.5 Å². The van der Waals surface area contributed by atoms with Crippen molar-refractivity contribution in [2.24, 2.45) is 0 Å². The zero-order valence-electron chi connectivity index (χ0n) is 51.9. The molecule has 1 heterocycles. The number of aliphatic hydroxyl groups is 2. The summed E-state index contributed by atoms with van der Waals surface area (Å²) in [6, 6.07) is 0. The second-order valence-corrected chi connectivity index (χ2v) is 21.6. The quantitative estimate of drug-likeness (QED) is 0.0228. The zero-order chi connectivity index (χ0) is 60.3. The average Bonchev–Trinajstić information content (AvgIpc) is 3.55. The molecule has 1 fully saturated rings. The fourth-order valence-electron chi connectivity index (χ4n) is 9.09. The molecule has 1 aliphatic rings. The van der Waals surface area contributed by atoms with Gasteiger partial charge in [0.2, 0.25) is 0 Å². The molecular weight excluding hydrogens is 1040 g/mol. The van der Waals surface area contributed by atoms with Gasteiger partial charge in [-0.3, -0.25) is 14.4 Å². The number of carboxylic acids is 1. The predicted octanol–water partition coefficient (Wildman–Crippen LogP) is 17.6. The summed E-state index contributed by atoms with van der Waals surface area (Å²) < 4.78 is 28.5. The number of unbranched alkanes of at least 4 members (excludes halogenated alkanes) is 20. The van der Waals surface area contributed by atoms with E-state index in [2.05, 4.69) is 142 Å². The average molecular weight is 1160 g/mol. The van der Waals surface area contributed by atoms with Gasteiger partial charge in [-0.1, -0.05) is 226 Å². The van der Waals surface area contributed by atoms with Crippen molar-refractivity contribution in [3.8, 4) is 0 Å². The Balaban J connectivity index is 2.70. The van der Waals surface area contributed by atoms with Crippen LogP contribution in [0.3, 0.4) is 0 Å². The predicted molar refractivity (Wildman–Crippen MR) is 340 cm³/mol. The van der Waals surface area contributed by atoms with Crippen LogP contribution >= 0.6 is 0 Å². The van der Waals surface area contributed by atoms with Crippen LogP contribution in [0.2, 0.25) is 0 Å². The second-order valence-electron chi connectivity index (χ2n) is 21.6. The maximum atomic E-state index is 13.2. The molecule has 83 heavy (non-hydrogen) atoms. The van der Waals surface area contributed by atoms with Crippen molar-refractivity contribution >= 4 is 23.9 Å². The van der Waals surface area contributed by atoms with Gasteiger partial charge in [0.15, 0.2) is 24.6 Å². The third-order valence-corrected chi connectivity index (χ3v) is 14.0. The number of carbonyl (C=O) groups is 4. The topological polar surface area (TPSA) is 175 Å². The highest BCUT2D eigenvalue weighted by Crippen LogP contribution is 2.26. The normalized spacial score (nSPS) is 18.4. The Kier molecular flexibility index (Phi) is 52.8. The molecule has 12 heteroatoms. The van der Waals surface area contributed by atoms with Crippen LogP contribution in [-0.4, -0.2) is 89.2 Å². The van der Waals surface area contributed by atoms with Crippen LogP contribution < -0.4 is 0 Å². The summed E-state index contributed by atoms with van der Waals surface area (Å²) in [6.45, 7) is 5.72. The molecule has 3 N–H and O–H groups in total. The minimum atomic E-state index is -1.92. The first-order chi connectivity index (χ1) is 40.6. The monoisotopic (exact) mass is 1160 g/mol. The summed E-state index contributed by atoms with van der Waals surface area (Å²) in [6.07, 6.45) is 67.1. The van der Waals surface area contributed by atoms with Gasteiger partial charge >= 0.3 is 23.9 Å². The number of ether oxygens (including phenoxy) is 5. The van der Waals surface area contributed by atoms with E-state index in [1.165, 1.54) is 19.3 Å². The van der Waals surface area contributed by atoms with Gasteiger partial charge in [0, 0.05) is 19.3 Å². The molecule has 12 nitrogen and oxygen atoms in total. The van der Waals surface area contributed by atoms with Crippen molar-refractivity contribution in [3.63, 3.8) is 0 Å². The molecule has 0 aliphatic carbocycles. The van der Waals surface area contributed by atoms with Crippen LogP contribution in [-0.2, 0) is 42.9 Å². The molecule has 0 saturated carbocycles. The van der Waals surface area contributed by atoms with Crippen molar-refractivity contribution in [2.45, 2.75) is 289 Å². The first kappa shape index (κ1) is 76.1. The van der Waals surface area contributed by atoms with Gasteiger partial charge in [-0.15, -0.1) is 0 Å². The third-order valence-electron chi connectivity index (χ3n) is 14.0. The molecule has 6 atom stereocenters. The van der Waals surface area contributed by atoms with Crippen LogP contribution in [0.5, 0.6) is 0 Å². The van der Waals surface area contributed by atoms with Gasteiger partial charge in [-0.25, -0.2) is 4.79 Å². The number of aliphatic carboxylic acids is 1. The highest BCUT2D eigenvalue weighted by Gasteiger charge is 2.50. The Hall–Kier alpha value is -4.88.